The van der Waals surface area contributed by atoms with Crippen LogP contribution in [0.2, 0.25) is 0 Å². The molecule has 0 amide bonds. The zero-order chi connectivity index (χ0) is 13.7. The first-order valence-corrected chi connectivity index (χ1v) is 7.91. The molecule has 2 fully saturated rings. The van der Waals surface area contributed by atoms with Gasteiger partial charge in [0.2, 0.25) is 0 Å². The minimum absolute atomic E-state index is 0.0679. The van der Waals surface area contributed by atoms with Gasteiger partial charge in [-0.25, -0.2) is 0 Å². The number of nitrogens with one attached hydrogen (secondary N) is 1. The van der Waals surface area contributed by atoms with Crippen LogP contribution < -0.4 is 5.32 Å². The summed E-state index contributed by atoms with van der Waals surface area (Å²) in [6.45, 7) is 6.82. The van der Waals surface area contributed by atoms with Crippen LogP contribution in [0.5, 0.6) is 0 Å². The molecule has 2 atom stereocenters. The lowest BCUT2D eigenvalue weighted by Crippen LogP contribution is -2.42. The third-order valence-corrected chi connectivity index (χ3v) is 4.26. The standard InChI is InChI=1S/C15H28N2O2/c1-3-13-6-5-10-17(13)11-9-14(15(18)19-4-2)16-12-7-8-12/h12-14,16H,3-11H2,1-2H3. The van der Waals surface area contributed by atoms with E-state index in [1.54, 1.807) is 0 Å². The molecule has 2 rings (SSSR count). The van der Waals surface area contributed by atoms with Crippen LogP contribution in [0.4, 0.5) is 0 Å². The molecule has 1 saturated heterocycles. The average Bonchev–Trinajstić information content (AvgIpc) is 3.11. The highest BCUT2D eigenvalue weighted by Crippen LogP contribution is 2.22. The first-order valence-electron chi connectivity index (χ1n) is 7.91. The van der Waals surface area contributed by atoms with E-state index in [9.17, 15) is 4.79 Å². The molecule has 110 valence electrons. The quantitative estimate of drug-likeness (QED) is 0.683. The maximum atomic E-state index is 12.0. The van der Waals surface area contributed by atoms with Crippen LogP contribution in [-0.2, 0) is 9.53 Å². The molecule has 0 spiro atoms. The maximum Gasteiger partial charge on any atom is 0.323 e. The van der Waals surface area contributed by atoms with E-state index < -0.39 is 0 Å². The SMILES string of the molecule is CCOC(=O)C(CCN1CCCC1CC)NC1CC1. The van der Waals surface area contributed by atoms with Crippen LogP contribution in [0, 0.1) is 0 Å². The van der Waals surface area contributed by atoms with Crippen LogP contribution in [0.1, 0.15) is 52.4 Å². The van der Waals surface area contributed by atoms with Crippen molar-refractivity contribution in [2.45, 2.75) is 70.5 Å². The molecule has 2 unspecified atom stereocenters. The number of esters is 1. The fraction of sp³-hybridized carbons (Fsp3) is 0.933. The summed E-state index contributed by atoms with van der Waals surface area (Å²) in [5.74, 6) is -0.0679. The Morgan fingerprint density at radius 3 is 2.79 bits per heavy atom. The molecule has 1 aliphatic carbocycles. The Morgan fingerprint density at radius 1 is 1.37 bits per heavy atom. The van der Waals surface area contributed by atoms with Crippen LogP contribution in [0.3, 0.4) is 0 Å². The second kappa shape index (κ2) is 7.25. The Labute approximate surface area is 116 Å². The second-order valence-corrected chi connectivity index (χ2v) is 5.77. The third kappa shape index (κ3) is 4.46. The predicted octanol–water partition coefficient (Wildman–Crippen LogP) is 1.93. The van der Waals surface area contributed by atoms with Gasteiger partial charge in [-0.05, 0) is 52.0 Å². The van der Waals surface area contributed by atoms with Gasteiger partial charge in [0, 0.05) is 18.6 Å². The van der Waals surface area contributed by atoms with Crippen molar-refractivity contribution in [3.8, 4) is 0 Å². The van der Waals surface area contributed by atoms with Crippen molar-refractivity contribution in [1.29, 1.82) is 0 Å². The molecule has 0 aromatic carbocycles. The lowest BCUT2D eigenvalue weighted by Gasteiger charge is -2.25. The van der Waals surface area contributed by atoms with Gasteiger partial charge in [-0.3, -0.25) is 4.79 Å². The van der Waals surface area contributed by atoms with Gasteiger partial charge in [0.25, 0.3) is 0 Å². The van der Waals surface area contributed by atoms with Gasteiger partial charge in [0.05, 0.1) is 6.61 Å². The molecule has 1 heterocycles. The fourth-order valence-electron chi connectivity index (χ4n) is 2.99. The molecule has 0 radical (unpaired) electrons. The first kappa shape index (κ1) is 14.8. The zero-order valence-corrected chi connectivity index (χ0v) is 12.4. The monoisotopic (exact) mass is 268 g/mol. The molecule has 0 aromatic heterocycles. The highest BCUT2D eigenvalue weighted by molar-refractivity contribution is 5.75. The molecule has 1 N–H and O–H groups in total. The van der Waals surface area contributed by atoms with Gasteiger partial charge >= 0.3 is 5.97 Å². The Morgan fingerprint density at radius 2 is 2.16 bits per heavy atom. The molecule has 4 heteroatoms. The van der Waals surface area contributed by atoms with Gasteiger partial charge in [0.1, 0.15) is 6.04 Å². The lowest BCUT2D eigenvalue weighted by molar-refractivity contribution is -0.146. The summed E-state index contributed by atoms with van der Waals surface area (Å²) < 4.78 is 5.18. The van der Waals surface area contributed by atoms with E-state index in [1.165, 1.54) is 38.6 Å². The summed E-state index contributed by atoms with van der Waals surface area (Å²) in [7, 11) is 0. The van der Waals surface area contributed by atoms with E-state index in [0.29, 0.717) is 12.6 Å². The zero-order valence-electron chi connectivity index (χ0n) is 12.4. The summed E-state index contributed by atoms with van der Waals surface area (Å²) in [6, 6.07) is 1.17. The van der Waals surface area contributed by atoms with Crippen LogP contribution in [0.15, 0.2) is 0 Å². The van der Waals surface area contributed by atoms with Crippen molar-refractivity contribution in [2.24, 2.45) is 0 Å². The molecule has 4 nitrogen and oxygen atoms in total. The maximum absolute atomic E-state index is 12.0. The number of ether oxygens (including phenoxy) is 1. The fourth-order valence-corrected chi connectivity index (χ4v) is 2.99. The van der Waals surface area contributed by atoms with Crippen LogP contribution >= 0.6 is 0 Å². The summed E-state index contributed by atoms with van der Waals surface area (Å²) in [4.78, 5) is 14.5. The number of rotatable bonds is 8. The highest BCUT2D eigenvalue weighted by atomic mass is 16.5. The lowest BCUT2D eigenvalue weighted by atomic mass is 10.1. The molecule has 0 bridgehead atoms. The Balaban J connectivity index is 1.79. The van der Waals surface area contributed by atoms with E-state index in [1.807, 2.05) is 6.92 Å². The van der Waals surface area contributed by atoms with E-state index in [0.717, 1.165) is 19.0 Å². The number of nitrogens with zero attached hydrogens (tertiary/aromatic N) is 1. The highest BCUT2D eigenvalue weighted by Gasteiger charge is 2.30. The normalized spacial score (nSPS) is 25.5. The van der Waals surface area contributed by atoms with Crippen LogP contribution in [-0.4, -0.2) is 48.7 Å². The minimum atomic E-state index is -0.106. The molecular formula is C15H28N2O2. The van der Waals surface area contributed by atoms with Crippen molar-refractivity contribution in [3.63, 3.8) is 0 Å². The number of hydrogen-bond acceptors (Lipinski definition) is 4. The molecular weight excluding hydrogens is 240 g/mol. The molecule has 1 aliphatic heterocycles. The summed E-state index contributed by atoms with van der Waals surface area (Å²) in [6.07, 6.45) is 7.13. The third-order valence-electron chi connectivity index (χ3n) is 4.26. The number of carbonyl (C=O) groups excluding carboxylic acids is 1. The van der Waals surface area contributed by atoms with E-state index in [2.05, 4.69) is 17.1 Å². The topological polar surface area (TPSA) is 41.6 Å². The summed E-state index contributed by atoms with van der Waals surface area (Å²) in [5, 5.41) is 3.43. The molecule has 19 heavy (non-hydrogen) atoms. The van der Waals surface area contributed by atoms with Crippen molar-refractivity contribution in [1.82, 2.24) is 10.2 Å². The van der Waals surface area contributed by atoms with Gasteiger partial charge in [-0.1, -0.05) is 6.92 Å². The predicted molar refractivity (Wildman–Crippen MR) is 76.1 cm³/mol. The second-order valence-electron chi connectivity index (χ2n) is 5.77. The van der Waals surface area contributed by atoms with Crippen molar-refractivity contribution >= 4 is 5.97 Å². The Hall–Kier alpha value is -0.610. The molecule has 2 aliphatic rings. The van der Waals surface area contributed by atoms with E-state index in [4.69, 9.17) is 4.74 Å². The Kier molecular flexibility index (Phi) is 5.64. The Bertz CT molecular complexity index is 292. The number of carbonyl (C=O) groups is 1. The van der Waals surface area contributed by atoms with Crippen molar-refractivity contribution in [2.75, 3.05) is 19.7 Å². The summed E-state index contributed by atoms with van der Waals surface area (Å²) >= 11 is 0. The van der Waals surface area contributed by atoms with Crippen LogP contribution in [0.25, 0.3) is 0 Å². The van der Waals surface area contributed by atoms with Gasteiger partial charge in [-0.15, -0.1) is 0 Å². The minimum Gasteiger partial charge on any atom is -0.465 e. The van der Waals surface area contributed by atoms with E-state index >= 15 is 0 Å². The molecule has 0 aromatic rings. The van der Waals surface area contributed by atoms with Crippen molar-refractivity contribution < 1.29 is 9.53 Å². The number of likely N-dealkylation sites (tertiary alicyclic amines) is 1. The average molecular weight is 268 g/mol. The largest absolute Gasteiger partial charge is 0.465 e. The summed E-state index contributed by atoms with van der Waals surface area (Å²) in [5.41, 5.74) is 0. The smallest absolute Gasteiger partial charge is 0.323 e. The van der Waals surface area contributed by atoms with Crippen molar-refractivity contribution in [3.05, 3.63) is 0 Å². The number of hydrogen-bond donors (Lipinski definition) is 1. The molecule has 1 saturated carbocycles. The van der Waals surface area contributed by atoms with Gasteiger partial charge in [-0.2, -0.15) is 0 Å². The van der Waals surface area contributed by atoms with E-state index in [-0.39, 0.29) is 12.0 Å². The first-order chi connectivity index (χ1) is 9.24. The van der Waals surface area contributed by atoms with Gasteiger partial charge < -0.3 is 15.0 Å². The van der Waals surface area contributed by atoms with Gasteiger partial charge in [0.15, 0.2) is 0 Å².